The lowest BCUT2D eigenvalue weighted by Gasteiger charge is -2.48. The van der Waals surface area contributed by atoms with Crippen LogP contribution >= 0.6 is 0 Å². The molecule has 4 aliphatic rings. The number of nitrogens with one attached hydrogen (secondary N) is 1. The van der Waals surface area contributed by atoms with Crippen LogP contribution in [-0.2, 0) is 16.1 Å². The molecule has 9 nitrogen and oxygen atoms in total. The van der Waals surface area contributed by atoms with Crippen LogP contribution < -0.4 is 10.1 Å². The topological polar surface area (TPSA) is 116 Å². The fraction of sp³-hybridized carbons (Fsp3) is 0.464. The molecule has 9 heteroatoms. The number of hydrogen-bond acceptors (Lipinski definition) is 7. The summed E-state index contributed by atoms with van der Waals surface area (Å²) in [6.07, 6.45) is 6.76. The zero-order valence-electron chi connectivity index (χ0n) is 20.6. The number of piperidine rings is 1. The van der Waals surface area contributed by atoms with Crippen molar-refractivity contribution < 1.29 is 19.1 Å². The number of rotatable bonds is 5. The largest absolute Gasteiger partial charge is 0.489 e. The van der Waals surface area contributed by atoms with E-state index in [0.717, 1.165) is 43.7 Å². The molecule has 1 aromatic heterocycles. The summed E-state index contributed by atoms with van der Waals surface area (Å²) in [5, 5.41) is 11.5. The molecule has 1 aliphatic carbocycles. The molecular formula is C28H29N5O4. The summed E-state index contributed by atoms with van der Waals surface area (Å²) in [5.41, 5.74) is 3.08. The lowest BCUT2D eigenvalue weighted by molar-refractivity contribution is -0.136. The Bertz CT molecular complexity index is 1300. The number of carbonyl (C=O) groups is 3. The van der Waals surface area contributed by atoms with Gasteiger partial charge in [0.15, 0.2) is 0 Å². The van der Waals surface area contributed by atoms with E-state index in [1.54, 1.807) is 17.2 Å². The zero-order valence-corrected chi connectivity index (χ0v) is 20.6. The second-order valence-corrected chi connectivity index (χ2v) is 10.5. The maximum atomic E-state index is 13.0. The van der Waals surface area contributed by atoms with Gasteiger partial charge in [-0.15, -0.1) is 0 Å². The molecule has 4 heterocycles. The SMILES string of the molecule is N#Cc1cc(C2CN([C@@H]3CCCC[C@@H]3Oc3ccc4c(c3)CN([C@@H]3CCC(=O)NC3=O)C4=O)C2)ccn1. The highest BCUT2D eigenvalue weighted by Gasteiger charge is 2.41. The van der Waals surface area contributed by atoms with Crippen LogP contribution in [0.4, 0.5) is 0 Å². The van der Waals surface area contributed by atoms with E-state index in [0.29, 0.717) is 36.2 Å². The Morgan fingerprint density at radius 2 is 1.89 bits per heavy atom. The predicted octanol–water partition coefficient (Wildman–Crippen LogP) is 2.50. The van der Waals surface area contributed by atoms with Crippen LogP contribution in [-0.4, -0.2) is 63.8 Å². The highest BCUT2D eigenvalue weighted by molar-refractivity contribution is 6.05. The van der Waals surface area contributed by atoms with E-state index in [-0.39, 0.29) is 24.3 Å². The van der Waals surface area contributed by atoms with Crippen molar-refractivity contribution in [3.63, 3.8) is 0 Å². The van der Waals surface area contributed by atoms with Crippen LogP contribution in [0.2, 0.25) is 0 Å². The molecule has 6 rings (SSSR count). The van der Waals surface area contributed by atoms with E-state index in [9.17, 15) is 14.4 Å². The van der Waals surface area contributed by atoms with Crippen molar-refractivity contribution in [2.75, 3.05) is 13.1 Å². The van der Waals surface area contributed by atoms with Gasteiger partial charge >= 0.3 is 0 Å². The molecule has 2 saturated heterocycles. The molecule has 3 amide bonds. The van der Waals surface area contributed by atoms with Gasteiger partial charge in [-0.25, -0.2) is 4.98 Å². The van der Waals surface area contributed by atoms with E-state index < -0.39 is 11.9 Å². The van der Waals surface area contributed by atoms with Crippen molar-refractivity contribution in [3.8, 4) is 11.8 Å². The highest BCUT2D eigenvalue weighted by atomic mass is 16.5. The summed E-state index contributed by atoms with van der Waals surface area (Å²) < 4.78 is 6.53. The molecule has 1 N–H and O–H groups in total. The number of hydrogen-bond donors (Lipinski definition) is 1. The Hall–Kier alpha value is -3.77. The van der Waals surface area contributed by atoms with Gasteiger partial charge in [-0.3, -0.25) is 24.6 Å². The number of aromatic nitrogens is 1. The number of fused-ring (bicyclic) bond motifs is 1. The number of likely N-dealkylation sites (tertiary alicyclic amines) is 1. The average Bonchev–Trinajstić information content (AvgIpc) is 3.19. The number of imide groups is 1. The molecule has 1 aromatic carbocycles. The van der Waals surface area contributed by atoms with Gasteiger partial charge in [-0.2, -0.15) is 5.26 Å². The lowest BCUT2D eigenvalue weighted by Crippen LogP contribution is -2.57. The summed E-state index contributed by atoms with van der Waals surface area (Å²) in [5.74, 6) is 0.293. The van der Waals surface area contributed by atoms with Gasteiger partial charge in [-0.1, -0.05) is 6.42 Å². The highest BCUT2D eigenvalue weighted by Crippen LogP contribution is 2.36. The first-order valence-electron chi connectivity index (χ1n) is 13.0. The Labute approximate surface area is 215 Å². The molecular weight excluding hydrogens is 470 g/mol. The van der Waals surface area contributed by atoms with Crippen molar-refractivity contribution in [1.82, 2.24) is 20.1 Å². The zero-order chi connectivity index (χ0) is 25.5. The van der Waals surface area contributed by atoms with Crippen LogP contribution in [0.15, 0.2) is 36.5 Å². The lowest BCUT2D eigenvalue weighted by atomic mass is 9.84. The molecule has 190 valence electrons. The van der Waals surface area contributed by atoms with Crippen LogP contribution in [0.1, 0.15) is 71.6 Å². The molecule has 1 saturated carbocycles. The number of amides is 3. The van der Waals surface area contributed by atoms with Gasteiger partial charge in [0.05, 0.1) is 0 Å². The normalized spacial score (nSPS) is 26.3. The van der Waals surface area contributed by atoms with Gasteiger partial charge in [0.2, 0.25) is 11.8 Å². The minimum absolute atomic E-state index is 0.0724. The number of carbonyl (C=O) groups excluding carboxylic acids is 3. The standard InChI is InChI=1S/C28H29N5O4/c29-13-20-11-17(9-10-30-20)19-14-32(15-19)23-3-1-2-4-25(23)37-21-5-6-22-18(12-21)16-33(28(22)36)24-7-8-26(34)31-27(24)35/h5-6,9-12,19,23-25H,1-4,7-8,14-16H2,(H,31,34,35)/t23-,24-,25+/m1/s1. The van der Waals surface area contributed by atoms with Crippen LogP contribution in [0.5, 0.6) is 5.75 Å². The Morgan fingerprint density at radius 1 is 1.05 bits per heavy atom. The summed E-state index contributed by atoms with van der Waals surface area (Å²) >= 11 is 0. The van der Waals surface area contributed by atoms with Crippen molar-refractivity contribution in [2.24, 2.45) is 0 Å². The predicted molar refractivity (Wildman–Crippen MR) is 132 cm³/mol. The van der Waals surface area contributed by atoms with Gasteiger partial charge < -0.3 is 9.64 Å². The quantitative estimate of drug-likeness (QED) is 0.629. The summed E-state index contributed by atoms with van der Waals surface area (Å²) in [6.45, 7) is 2.23. The molecule has 0 unspecified atom stereocenters. The first kappa shape index (κ1) is 23.6. The summed E-state index contributed by atoms with van der Waals surface area (Å²) in [6, 6.07) is 11.3. The molecule has 3 fully saturated rings. The maximum absolute atomic E-state index is 13.0. The van der Waals surface area contributed by atoms with E-state index in [2.05, 4.69) is 21.3 Å². The van der Waals surface area contributed by atoms with Crippen molar-refractivity contribution in [3.05, 3.63) is 58.9 Å². The fourth-order valence-electron chi connectivity index (χ4n) is 6.19. The molecule has 37 heavy (non-hydrogen) atoms. The number of nitriles is 1. The third-order valence-corrected chi connectivity index (χ3v) is 8.20. The first-order valence-corrected chi connectivity index (χ1v) is 13.0. The summed E-state index contributed by atoms with van der Waals surface area (Å²) in [7, 11) is 0. The first-order chi connectivity index (χ1) is 18.0. The van der Waals surface area contributed by atoms with Crippen molar-refractivity contribution in [1.29, 1.82) is 5.26 Å². The molecule has 0 spiro atoms. The minimum Gasteiger partial charge on any atom is -0.489 e. The number of nitrogens with zero attached hydrogens (tertiary/aromatic N) is 4. The number of benzene rings is 1. The third kappa shape index (κ3) is 4.46. The Balaban J connectivity index is 1.12. The smallest absolute Gasteiger partial charge is 0.255 e. The molecule has 3 atom stereocenters. The van der Waals surface area contributed by atoms with Gasteiger partial charge in [0, 0.05) is 49.8 Å². The van der Waals surface area contributed by atoms with Gasteiger partial charge in [0.1, 0.15) is 29.7 Å². The minimum atomic E-state index is -0.617. The summed E-state index contributed by atoms with van der Waals surface area (Å²) in [4.78, 5) is 45.0. The van der Waals surface area contributed by atoms with E-state index in [4.69, 9.17) is 10.00 Å². The third-order valence-electron chi connectivity index (χ3n) is 8.20. The second kappa shape index (κ2) is 9.60. The van der Waals surface area contributed by atoms with E-state index in [1.807, 2.05) is 24.3 Å². The van der Waals surface area contributed by atoms with Gasteiger partial charge in [-0.05, 0) is 67.1 Å². The Morgan fingerprint density at radius 3 is 2.70 bits per heavy atom. The monoisotopic (exact) mass is 499 g/mol. The molecule has 0 radical (unpaired) electrons. The van der Waals surface area contributed by atoms with Crippen LogP contribution in [0, 0.1) is 11.3 Å². The van der Waals surface area contributed by atoms with E-state index in [1.165, 1.54) is 12.0 Å². The Kier molecular flexibility index (Phi) is 6.13. The van der Waals surface area contributed by atoms with E-state index >= 15 is 0 Å². The number of pyridine rings is 1. The van der Waals surface area contributed by atoms with Gasteiger partial charge in [0.25, 0.3) is 5.91 Å². The van der Waals surface area contributed by atoms with Crippen LogP contribution in [0.25, 0.3) is 0 Å². The molecule has 2 aromatic rings. The molecule has 0 bridgehead atoms. The molecule has 3 aliphatic heterocycles. The fourth-order valence-corrected chi connectivity index (χ4v) is 6.19. The maximum Gasteiger partial charge on any atom is 0.255 e. The average molecular weight is 500 g/mol. The van der Waals surface area contributed by atoms with Crippen molar-refractivity contribution in [2.45, 2.75) is 69.2 Å². The number of ether oxygens (including phenoxy) is 1. The van der Waals surface area contributed by atoms with Crippen LogP contribution in [0.3, 0.4) is 0 Å². The second-order valence-electron chi connectivity index (χ2n) is 10.5. The van der Waals surface area contributed by atoms with Crippen molar-refractivity contribution >= 4 is 17.7 Å².